The summed E-state index contributed by atoms with van der Waals surface area (Å²) in [5.41, 5.74) is 0. The second-order valence-corrected chi connectivity index (χ2v) is 3.10. The molecule has 0 bridgehead atoms. The molecular formula is C8H16O2. The van der Waals surface area contributed by atoms with Crippen molar-refractivity contribution in [1.29, 1.82) is 0 Å². The summed E-state index contributed by atoms with van der Waals surface area (Å²) in [5.74, 6) is 0. The molecule has 0 unspecified atom stereocenters. The maximum atomic E-state index is 9.30. The topological polar surface area (TPSA) is 29.5 Å². The highest BCUT2D eigenvalue weighted by Crippen LogP contribution is 2.20. The molecule has 0 aromatic rings. The Balaban J connectivity index is 2.35. The third kappa shape index (κ3) is 1.96. The van der Waals surface area contributed by atoms with Gasteiger partial charge in [0.25, 0.3) is 0 Å². The van der Waals surface area contributed by atoms with Crippen LogP contribution in [0.4, 0.5) is 0 Å². The molecule has 3 atom stereocenters. The van der Waals surface area contributed by atoms with Crippen LogP contribution in [0.1, 0.15) is 33.1 Å². The van der Waals surface area contributed by atoms with Crippen LogP contribution in [0, 0.1) is 0 Å². The van der Waals surface area contributed by atoms with E-state index in [0.29, 0.717) is 6.10 Å². The predicted molar refractivity (Wildman–Crippen MR) is 39.9 cm³/mol. The van der Waals surface area contributed by atoms with Gasteiger partial charge in [-0.3, -0.25) is 0 Å². The molecule has 0 saturated carbocycles. The van der Waals surface area contributed by atoms with E-state index < -0.39 is 0 Å². The SMILES string of the molecule is CC[C@H]1C[C@H](O)C[C@@H](C)O1. The van der Waals surface area contributed by atoms with Crippen LogP contribution in [0.5, 0.6) is 0 Å². The van der Waals surface area contributed by atoms with Crippen LogP contribution in [-0.4, -0.2) is 23.4 Å². The van der Waals surface area contributed by atoms with Gasteiger partial charge in [0, 0.05) is 0 Å². The predicted octanol–water partition coefficient (Wildman–Crippen LogP) is 1.32. The first-order chi connectivity index (χ1) is 4.72. The van der Waals surface area contributed by atoms with Crippen LogP contribution in [0.2, 0.25) is 0 Å². The Kier molecular flexibility index (Phi) is 2.69. The molecule has 0 aliphatic carbocycles. The summed E-state index contributed by atoms with van der Waals surface area (Å²) in [6.07, 6.45) is 3.04. The fourth-order valence-corrected chi connectivity index (χ4v) is 1.49. The van der Waals surface area contributed by atoms with Gasteiger partial charge in [-0.25, -0.2) is 0 Å². The standard InChI is InChI=1S/C8H16O2/c1-3-8-5-7(9)4-6(2)10-8/h6-9H,3-5H2,1-2H3/t6-,7-,8+/m1/s1. The molecule has 1 N–H and O–H groups in total. The van der Waals surface area contributed by atoms with E-state index in [-0.39, 0.29) is 12.2 Å². The van der Waals surface area contributed by atoms with Crippen molar-refractivity contribution in [1.82, 2.24) is 0 Å². The Hall–Kier alpha value is -0.0800. The van der Waals surface area contributed by atoms with E-state index in [1.165, 1.54) is 0 Å². The van der Waals surface area contributed by atoms with Gasteiger partial charge in [-0.1, -0.05) is 6.92 Å². The van der Waals surface area contributed by atoms with Crippen molar-refractivity contribution in [2.45, 2.75) is 51.4 Å². The van der Waals surface area contributed by atoms with E-state index in [1.54, 1.807) is 0 Å². The van der Waals surface area contributed by atoms with E-state index in [1.807, 2.05) is 6.92 Å². The molecule has 0 aromatic heterocycles. The fourth-order valence-electron chi connectivity index (χ4n) is 1.49. The highest BCUT2D eigenvalue weighted by molar-refractivity contribution is 4.73. The van der Waals surface area contributed by atoms with E-state index in [2.05, 4.69) is 6.92 Å². The van der Waals surface area contributed by atoms with Crippen molar-refractivity contribution in [3.8, 4) is 0 Å². The lowest BCUT2D eigenvalue weighted by Crippen LogP contribution is -2.33. The first-order valence-corrected chi connectivity index (χ1v) is 4.06. The van der Waals surface area contributed by atoms with Gasteiger partial charge in [-0.15, -0.1) is 0 Å². The summed E-state index contributed by atoms with van der Waals surface area (Å²) in [7, 11) is 0. The smallest absolute Gasteiger partial charge is 0.0600 e. The molecule has 0 aromatic carbocycles. The van der Waals surface area contributed by atoms with Crippen molar-refractivity contribution in [2.75, 3.05) is 0 Å². The Labute approximate surface area is 62.2 Å². The molecule has 0 radical (unpaired) electrons. The van der Waals surface area contributed by atoms with Gasteiger partial charge in [0.15, 0.2) is 0 Å². The van der Waals surface area contributed by atoms with Crippen molar-refractivity contribution >= 4 is 0 Å². The maximum absolute atomic E-state index is 9.30. The van der Waals surface area contributed by atoms with Gasteiger partial charge in [-0.2, -0.15) is 0 Å². The van der Waals surface area contributed by atoms with Crippen LogP contribution in [0.3, 0.4) is 0 Å². The Morgan fingerprint density at radius 3 is 2.70 bits per heavy atom. The van der Waals surface area contributed by atoms with Crippen LogP contribution in [0.25, 0.3) is 0 Å². The molecule has 1 heterocycles. The van der Waals surface area contributed by atoms with Gasteiger partial charge in [0.2, 0.25) is 0 Å². The lowest BCUT2D eigenvalue weighted by Gasteiger charge is -2.30. The zero-order valence-corrected chi connectivity index (χ0v) is 6.71. The van der Waals surface area contributed by atoms with Crippen molar-refractivity contribution in [3.63, 3.8) is 0 Å². The molecule has 1 fully saturated rings. The third-order valence-corrected chi connectivity index (χ3v) is 2.02. The minimum atomic E-state index is -0.131. The molecule has 0 amide bonds. The summed E-state index contributed by atoms with van der Waals surface area (Å²) < 4.78 is 5.55. The Morgan fingerprint density at radius 1 is 1.50 bits per heavy atom. The van der Waals surface area contributed by atoms with Crippen LogP contribution < -0.4 is 0 Å². The molecule has 1 rings (SSSR count). The maximum Gasteiger partial charge on any atom is 0.0600 e. The van der Waals surface area contributed by atoms with Gasteiger partial charge in [0.05, 0.1) is 18.3 Å². The summed E-state index contributed by atoms with van der Waals surface area (Å²) in [6.45, 7) is 4.11. The summed E-state index contributed by atoms with van der Waals surface area (Å²) >= 11 is 0. The fraction of sp³-hybridized carbons (Fsp3) is 1.00. The minimum absolute atomic E-state index is 0.131. The van der Waals surface area contributed by atoms with Crippen molar-refractivity contribution < 1.29 is 9.84 Å². The highest BCUT2D eigenvalue weighted by atomic mass is 16.5. The minimum Gasteiger partial charge on any atom is -0.393 e. The van der Waals surface area contributed by atoms with Gasteiger partial charge >= 0.3 is 0 Å². The van der Waals surface area contributed by atoms with Gasteiger partial charge in [0.1, 0.15) is 0 Å². The second-order valence-electron chi connectivity index (χ2n) is 3.10. The molecule has 2 heteroatoms. The molecule has 1 aliphatic heterocycles. The van der Waals surface area contributed by atoms with Gasteiger partial charge in [-0.05, 0) is 26.2 Å². The quantitative estimate of drug-likeness (QED) is 0.601. The van der Waals surface area contributed by atoms with Crippen molar-refractivity contribution in [3.05, 3.63) is 0 Å². The zero-order valence-electron chi connectivity index (χ0n) is 6.71. The first-order valence-electron chi connectivity index (χ1n) is 4.06. The number of aliphatic hydroxyl groups is 1. The van der Waals surface area contributed by atoms with E-state index >= 15 is 0 Å². The van der Waals surface area contributed by atoms with E-state index in [0.717, 1.165) is 19.3 Å². The molecule has 1 aliphatic rings. The number of hydrogen-bond acceptors (Lipinski definition) is 2. The molecule has 60 valence electrons. The number of ether oxygens (including phenoxy) is 1. The molecule has 1 saturated heterocycles. The third-order valence-electron chi connectivity index (χ3n) is 2.02. The Morgan fingerprint density at radius 2 is 2.20 bits per heavy atom. The normalized spacial score (nSPS) is 41.7. The van der Waals surface area contributed by atoms with Crippen LogP contribution in [-0.2, 0) is 4.74 Å². The average Bonchev–Trinajstić information content (AvgIpc) is 1.85. The van der Waals surface area contributed by atoms with Gasteiger partial charge < -0.3 is 9.84 Å². The largest absolute Gasteiger partial charge is 0.393 e. The molecule has 10 heavy (non-hydrogen) atoms. The van der Waals surface area contributed by atoms with E-state index in [9.17, 15) is 5.11 Å². The van der Waals surface area contributed by atoms with Crippen LogP contribution in [0.15, 0.2) is 0 Å². The molecule has 0 spiro atoms. The number of hydrogen-bond donors (Lipinski definition) is 1. The number of aliphatic hydroxyl groups excluding tert-OH is 1. The van der Waals surface area contributed by atoms with Crippen molar-refractivity contribution in [2.24, 2.45) is 0 Å². The second kappa shape index (κ2) is 3.35. The Bertz CT molecular complexity index is 93.4. The van der Waals surface area contributed by atoms with Crippen LogP contribution >= 0.6 is 0 Å². The lowest BCUT2D eigenvalue weighted by atomic mass is 10.0. The monoisotopic (exact) mass is 144 g/mol. The summed E-state index contributed by atoms with van der Waals surface area (Å²) in [6, 6.07) is 0. The lowest BCUT2D eigenvalue weighted by molar-refractivity contribution is -0.0881. The summed E-state index contributed by atoms with van der Waals surface area (Å²) in [5, 5.41) is 9.30. The average molecular weight is 144 g/mol. The first kappa shape index (κ1) is 8.02. The summed E-state index contributed by atoms with van der Waals surface area (Å²) in [4.78, 5) is 0. The molecule has 2 nitrogen and oxygen atoms in total. The highest BCUT2D eigenvalue weighted by Gasteiger charge is 2.23. The molecular weight excluding hydrogens is 128 g/mol. The van der Waals surface area contributed by atoms with E-state index in [4.69, 9.17) is 4.74 Å². The number of rotatable bonds is 1. The zero-order chi connectivity index (χ0) is 7.56.